The van der Waals surface area contributed by atoms with E-state index in [0.717, 1.165) is 0 Å². The molecule has 1 amide bonds. The van der Waals surface area contributed by atoms with Crippen LogP contribution in [-0.4, -0.2) is 30.0 Å². The third-order valence-corrected chi connectivity index (χ3v) is 3.15. The third kappa shape index (κ3) is 6.11. The number of nitrogens with one attached hydrogen (secondary N) is 1. The molecule has 0 aliphatic rings. The van der Waals surface area contributed by atoms with Gasteiger partial charge in [-0.2, -0.15) is 0 Å². The first-order valence-electron chi connectivity index (χ1n) is 7.02. The summed E-state index contributed by atoms with van der Waals surface area (Å²) in [5.74, 6) is -0.983. The Morgan fingerprint density at radius 3 is 2.28 bits per heavy atom. The van der Waals surface area contributed by atoms with Gasteiger partial charge in [-0.25, -0.2) is 4.79 Å². The van der Waals surface area contributed by atoms with Gasteiger partial charge in [-0.3, -0.25) is 14.9 Å². The zero-order valence-corrected chi connectivity index (χ0v) is 13.6. The molecule has 0 atom stereocenters. The molecule has 2 aromatic rings. The van der Waals surface area contributed by atoms with Crippen molar-refractivity contribution in [3.63, 3.8) is 0 Å². The quantitative estimate of drug-likeness (QED) is 0.460. The van der Waals surface area contributed by atoms with Crippen LogP contribution in [0.25, 0.3) is 0 Å². The van der Waals surface area contributed by atoms with Crippen LogP contribution in [0.1, 0.15) is 0 Å². The Bertz CT molecular complexity index is 761. The lowest BCUT2D eigenvalue weighted by Gasteiger charge is -2.08. The smallest absolute Gasteiger partial charge is 0.344 e. The fourth-order valence-corrected chi connectivity index (χ4v) is 1.85. The monoisotopic (exact) mass is 364 g/mol. The van der Waals surface area contributed by atoms with E-state index in [9.17, 15) is 19.7 Å². The number of esters is 1. The van der Waals surface area contributed by atoms with E-state index in [1.807, 2.05) is 0 Å². The number of amides is 1. The maximum atomic E-state index is 11.7. The van der Waals surface area contributed by atoms with Gasteiger partial charge < -0.3 is 14.8 Å². The third-order valence-electron chi connectivity index (χ3n) is 2.90. The highest BCUT2D eigenvalue weighted by atomic mass is 35.5. The van der Waals surface area contributed by atoms with Gasteiger partial charge in [0.2, 0.25) is 0 Å². The van der Waals surface area contributed by atoms with Gasteiger partial charge >= 0.3 is 5.97 Å². The Balaban J connectivity index is 1.72. The number of nitro groups is 1. The van der Waals surface area contributed by atoms with E-state index in [-0.39, 0.29) is 11.4 Å². The van der Waals surface area contributed by atoms with Crippen molar-refractivity contribution >= 4 is 34.9 Å². The second-order valence-corrected chi connectivity index (χ2v) is 5.19. The molecule has 0 spiro atoms. The summed E-state index contributed by atoms with van der Waals surface area (Å²) in [7, 11) is 0. The molecule has 2 aromatic carbocycles. The zero-order chi connectivity index (χ0) is 18.2. The van der Waals surface area contributed by atoms with Gasteiger partial charge in [0.15, 0.2) is 13.2 Å². The molecule has 0 aromatic heterocycles. The zero-order valence-electron chi connectivity index (χ0n) is 12.8. The lowest BCUT2D eigenvalue weighted by molar-refractivity contribution is -0.384. The summed E-state index contributed by atoms with van der Waals surface area (Å²) in [6, 6.07) is 11.7. The molecule has 2 rings (SSSR count). The summed E-state index contributed by atoms with van der Waals surface area (Å²) in [5.41, 5.74) is 0.432. The normalized spacial score (nSPS) is 9.96. The van der Waals surface area contributed by atoms with Crippen molar-refractivity contribution in [1.82, 2.24) is 0 Å². The number of carbonyl (C=O) groups is 2. The summed E-state index contributed by atoms with van der Waals surface area (Å²) in [5, 5.41) is 13.6. The van der Waals surface area contributed by atoms with Crippen molar-refractivity contribution < 1.29 is 24.0 Å². The number of halogens is 1. The number of nitrogens with zero attached hydrogens (tertiary/aromatic N) is 1. The number of hydrogen-bond acceptors (Lipinski definition) is 6. The molecule has 0 radical (unpaired) electrons. The number of nitro benzene ring substituents is 1. The lowest BCUT2D eigenvalue weighted by Crippen LogP contribution is -2.23. The summed E-state index contributed by atoms with van der Waals surface area (Å²) in [6.45, 7) is -0.892. The number of hydrogen-bond donors (Lipinski definition) is 1. The van der Waals surface area contributed by atoms with E-state index in [4.69, 9.17) is 21.1 Å². The fraction of sp³-hybridized carbons (Fsp3) is 0.125. The fourth-order valence-electron chi connectivity index (χ4n) is 1.72. The average molecular weight is 365 g/mol. The summed E-state index contributed by atoms with van der Waals surface area (Å²) >= 11 is 5.73. The van der Waals surface area contributed by atoms with Gasteiger partial charge in [0.05, 0.1) is 4.92 Å². The van der Waals surface area contributed by atoms with Crippen molar-refractivity contribution in [3.05, 3.63) is 63.7 Å². The molecule has 0 aliphatic heterocycles. The van der Waals surface area contributed by atoms with Crippen LogP contribution < -0.4 is 10.1 Å². The molecule has 8 nitrogen and oxygen atoms in total. The van der Waals surface area contributed by atoms with Crippen molar-refractivity contribution in [2.75, 3.05) is 18.5 Å². The molecule has 0 bridgehead atoms. The summed E-state index contributed by atoms with van der Waals surface area (Å²) < 4.78 is 9.90. The minimum atomic E-state index is -0.746. The number of carbonyl (C=O) groups excluding carboxylic acids is 2. The van der Waals surface area contributed by atoms with E-state index in [2.05, 4.69) is 5.32 Å². The van der Waals surface area contributed by atoms with Gasteiger partial charge in [-0.05, 0) is 36.4 Å². The summed E-state index contributed by atoms with van der Waals surface area (Å²) in [4.78, 5) is 33.2. The first-order chi connectivity index (χ1) is 11.9. The Labute approximate surface area is 147 Å². The molecule has 1 N–H and O–H groups in total. The Hall–Kier alpha value is -3.13. The average Bonchev–Trinajstić information content (AvgIpc) is 2.60. The highest BCUT2D eigenvalue weighted by Crippen LogP contribution is 2.17. The number of ether oxygens (including phenoxy) is 2. The summed E-state index contributed by atoms with van der Waals surface area (Å²) in [6.07, 6.45) is 0. The number of benzene rings is 2. The molecule has 9 heteroatoms. The van der Waals surface area contributed by atoms with Gasteiger partial charge in [-0.1, -0.05) is 11.6 Å². The molecule has 0 heterocycles. The predicted octanol–water partition coefficient (Wildman–Crippen LogP) is 2.81. The molecule has 0 saturated carbocycles. The number of rotatable bonds is 7. The largest absolute Gasteiger partial charge is 0.482 e. The van der Waals surface area contributed by atoms with Crippen LogP contribution in [0.3, 0.4) is 0 Å². The van der Waals surface area contributed by atoms with Crippen molar-refractivity contribution in [1.29, 1.82) is 0 Å². The molecular weight excluding hydrogens is 352 g/mol. The molecule has 0 fully saturated rings. The minimum Gasteiger partial charge on any atom is -0.482 e. The van der Waals surface area contributed by atoms with Crippen LogP contribution in [0.5, 0.6) is 5.75 Å². The first-order valence-corrected chi connectivity index (χ1v) is 7.40. The van der Waals surface area contributed by atoms with E-state index in [1.54, 1.807) is 24.3 Å². The molecule has 130 valence electrons. The predicted molar refractivity (Wildman–Crippen MR) is 89.6 cm³/mol. The standard InChI is InChI=1S/C16H13ClN2O6/c17-11-1-3-12(4-2-11)18-15(20)9-25-16(21)10-24-14-7-5-13(6-8-14)19(22)23/h1-8H,9-10H2,(H,18,20). The molecule has 0 aliphatic carbocycles. The Morgan fingerprint density at radius 1 is 1.04 bits per heavy atom. The van der Waals surface area contributed by atoms with E-state index < -0.39 is 30.0 Å². The number of non-ortho nitro benzene ring substituents is 1. The van der Waals surface area contributed by atoms with Gasteiger partial charge in [0.25, 0.3) is 11.6 Å². The highest BCUT2D eigenvalue weighted by Gasteiger charge is 2.10. The molecule has 25 heavy (non-hydrogen) atoms. The van der Waals surface area contributed by atoms with Crippen molar-refractivity contribution in [2.24, 2.45) is 0 Å². The van der Waals surface area contributed by atoms with Crippen LogP contribution in [0.4, 0.5) is 11.4 Å². The van der Waals surface area contributed by atoms with Crippen LogP contribution >= 0.6 is 11.6 Å². The van der Waals surface area contributed by atoms with Gasteiger partial charge in [-0.15, -0.1) is 0 Å². The number of anilines is 1. The Kier molecular flexibility index (Phi) is 6.30. The maximum Gasteiger partial charge on any atom is 0.344 e. The van der Waals surface area contributed by atoms with Crippen LogP contribution in [0, 0.1) is 10.1 Å². The van der Waals surface area contributed by atoms with Gasteiger partial charge in [0.1, 0.15) is 5.75 Å². The second kappa shape index (κ2) is 8.65. The van der Waals surface area contributed by atoms with Crippen molar-refractivity contribution in [2.45, 2.75) is 0 Å². The Morgan fingerprint density at radius 2 is 1.68 bits per heavy atom. The van der Waals surface area contributed by atoms with Crippen LogP contribution in [-0.2, 0) is 14.3 Å². The van der Waals surface area contributed by atoms with Gasteiger partial charge in [0, 0.05) is 22.8 Å². The SMILES string of the molecule is O=C(COC(=O)COc1ccc([N+](=O)[O-])cc1)Nc1ccc(Cl)cc1. The molecule has 0 unspecified atom stereocenters. The van der Waals surface area contributed by atoms with Crippen molar-refractivity contribution in [3.8, 4) is 5.75 Å². The maximum absolute atomic E-state index is 11.7. The van der Waals surface area contributed by atoms with E-state index >= 15 is 0 Å². The first kappa shape index (κ1) is 18.2. The topological polar surface area (TPSA) is 108 Å². The van der Waals surface area contributed by atoms with Crippen LogP contribution in [0.15, 0.2) is 48.5 Å². The second-order valence-electron chi connectivity index (χ2n) is 4.76. The van der Waals surface area contributed by atoms with E-state index in [0.29, 0.717) is 10.7 Å². The highest BCUT2D eigenvalue weighted by molar-refractivity contribution is 6.30. The molecule has 0 saturated heterocycles. The van der Waals surface area contributed by atoms with Crippen LogP contribution in [0.2, 0.25) is 5.02 Å². The lowest BCUT2D eigenvalue weighted by atomic mass is 10.3. The van der Waals surface area contributed by atoms with E-state index in [1.165, 1.54) is 24.3 Å². The minimum absolute atomic E-state index is 0.0891. The molecular formula is C16H13ClN2O6.